The number of benzene rings is 2. The SMILES string of the molecule is CC(=O)NC(=S)Nc1ccc(NC(=O)COc2ccc(C)c(C)c2)cc1. The zero-order valence-corrected chi connectivity index (χ0v) is 15.7. The highest BCUT2D eigenvalue weighted by molar-refractivity contribution is 7.80. The maximum atomic E-state index is 12.0. The molecular formula is C19H21N3O3S. The van der Waals surface area contributed by atoms with E-state index in [2.05, 4.69) is 16.0 Å². The van der Waals surface area contributed by atoms with E-state index in [0.29, 0.717) is 17.1 Å². The number of carbonyl (C=O) groups is 2. The first-order chi connectivity index (χ1) is 12.3. The molecule has 26 heavy (non-hydrogen) atoms. The normalized spacial score (nSPS) is 9.96. The predicted octanol–water partition coefficient (Wildman–Crippen LogP) is 3.15. The Morgan fingerprint density at radius 2 is 1.58 bits per heavy atom. The van der Waals surface area contributed by atoms with E-state index in [-0.39, 0.29) is 23.5 Å². The Kier molecular flexibility index (Phi) is 6.68. The lowest BCUT2D eigenvalue weighted by Gasteiger charge is -2.10. The quantitative estimate of drug-likeness (QED) is 0.704. The zero-order chi connectivity index (χ0) is 19.1. The van der Waals surface area contributed by atoms with E-state index >= 15 is 0 Å². The summed E-state index contributed by atoms with van der Waals surface area (Å²) >= 11 is 4.98. The number of ether oxygens (including phenoxy) is 1. The van der Waals surface area contributed by atoms with Gasteiger partial charge in [-0.05, 0) is 73.6 Å². The topological polar surface area (TPSA) is 79.5 Å². The third-order valence-electron chi connectivity index (χ3n) is 3.56. The summed E-state index contributed by atoms with van der Waals surface area (Å²) in [7, 11) is 0. The standard InChI is InChI=1S/C19H21N3O3S/c1-12-4-9-17(10-13(12)2)25-11-18(24)21-15-5-7-16(8-6-15)22-19(26)20-14(3)23/h4-10H,11H2,1-3H3,(H,21,24)(H2,20,22,23,26). The molecule has 2 aromatic carbocycles. The number of hydrogen-bond donors (Lipinski definition) is 3. The van der Waals surface area contributed by atoms with Crippen LogP contribution in [0, 0.1) is 13.8 Å². The Morgan fingerprint density at radius 3 is 2.15 bits per heavy atom. The van der Waals surface area contributed by atoms with Crippen LogP contribution in [0.15, 0.2) is 42.5 Å². The molecule has 0 aliphatic heterocycles. The van der Waals surface area contributed by atoms with E-state index in [0.717, 1.165) is 5.56 Å². The molecule has 0 spiro atoms. The van der Waals surface area contributed by atoms with Gasteiger partial charge in [0.25, 0.3) is 5.91 Å². The van der Waals surface area contributed by atoms with Crippen LogP contribution in [0.5, 0.6) is 5.75 Å². The van der Waals surface area contributed by atoms with Crippen molar-refractivity contribution in [3.05, 3.63) is 53.6 Å². The molecule has 0 aromatic heterocycles. The molecule has 7 heteroatoms. The van der Waals surface area contributed by atoms with Gasteiger partial charge in [-0.15, -0.1) is 0 Å². The first kappa shape index (κ1) is 19.4. The molecule has 3 N–H and O–H groups in total. The lowest BCUT2D eigenvalue weighted by Crippen LogP contribution is -2.32. The van der Waals surface area contributed by atoms with E-state index in [9.17, 15) is 9.59 Å². The minimum absolute atomic E-state index is 0.0743. The van der Waals surface area contributed by atoms with Gasteiger partial charge in [-0.25, -0.2) is 0 Å². The van der Waals surface area contributed by atoms with Crippen LogP contribution in [-0.2, 0) is 9.59 Å². The number of anilines is 2. The summed E-state index contributed by atoms with van der Waals surface area (Å²) in [5.74, 6) is 0.169. The van der Waals surface area contributed by atoms with Gasteiger partial charge in [-0.1, -0.05) is 6.07 Å². The second-order valence-corrected chi connectivity index (χ2v) is 6.20. The molecule has 0 saturated heterocycles. The van der Waals surface area contributed by atoms with E-state index in [4.69, 9.17) is 17.0 Å². The fourth-order valence-electron chi connectivity index (χ4n) is 2.11. The van der Waals surface area contributed by atoms with Gasteiger partial charge < -0.3 is 20.7 Å². The number of nitrogens with one attached hydrogen (secondary N) is 3. The lowest BCUT2D eigenvalue weighted by molar-refractivity contribution is -0.118. The first-order valence-corrected chi connectivity index (χ1v) is 8.43. The van der Waals surface area contributed by atoms with Crippen molar-refractivity contribution in [1.29, 1.82) is 0 Å². The van der Waals surface area contributed by atoms with Crippen molar-refractivity contribution < 1.29 is 14.3 Å². The predicted molar refractivity (Wildman–Crippen MR) is 107 cm³/mol. The number of hydrogen-bond acceptors (Lipinski definition) is 4. The minimum Gasteiger partial charge on any atom is -0.484 e. The van der Waals surface area contributed by atoms with Crippen LogP contribution in [0.2, 0.25) is 0 Å². The minimum atomic E-state index is -0.252. The molecule has 0 atom stereocenters. The highest BCUT2D eigenvalue weighted by Crippen LogP contribution is 2.17. The molecule has 6 nitrogen and oxygen atoms in total. The van der Waals surface area contributed by atoms with E-state index in [1.54, 1.807) is 24.3 Å². The Morgan fingerprint density at radius 1 is 0.962 bits per heavy atom. The Bertz CT molecular complexity index is 819. The molecular weight excluding hydrogens is 350 g/mol. The van der Waals surface area contributed by atoms with Crippen molar-refractivity contribution in [3.63, 3.8) is 0 Å². The van der Waals surface area contributed by atoms with Gasteiger partial charge in [0.1, 0.15) is 5.75 Å². The van der Waals surface area contributed by atoms with Crippen molar-refractivity contribution >= 4 is 40.5 Å². The van der Waals surface area contributed by atoms with Gasteiger partial charge in [0.05, 0.1) is 0 Å². The van der Waals surface area contributed by atoms with E-state index < -0.39 is 0 Å². The summed E-state index contributed by atoms with van der Waals surface area (Å²) in [6.45, 7) is 5.32. The first-order valence-electron chi connectivity index (χ1n) is 8.02. The van der Waals surface area contributed by atoms with Crippen molar-refractivity contribution in [2.45, 2.75) is 20.8 Å². The van der Waals surface area contributed by atoms with Gasteiger partial charge in [0.2, 0.25) is 5.91 Å². The highest BCUT2D eigenvalue weighted by Gasteiger charge is 2.05. The molecule has 0 saturated carbocycles. The molecule has 0 radical (unpaired) electrons. The van der Waals surface area contributed by atoms with Crippen LogP contribution < -0.4 is 20.7 Å². The molecule has 0 fully saturated rings. The number of amides is 2. The van der Waals surface area contributed by atoms with Crippen LogP contribution in [0.25, 0.3) is 0 Å². The van der Waals surface area contributed by atoms with Gasteiger partial charge in [-0.3, -0.25) is 9.59 Å². The highest BCUT2D eigenvalue weighted by atomic mass is 32.1. The van der Waals surface area contributed by atoms with Crippen LogP contribution in [0.4, 0.5) is 11.4 Å². The number of rotatable bonds is 5. The summed E-state index contributed by atoms with van der Waals surface area (Å²) in [6, 6.07) is 12.6. The summed E-state index contributed by atoms with van der Waals surface area (Å²) in [5, 5.41) is 8.32. The lowest BCUT2D eigenvalue weighted by atomic mass is 10.1. The fraction of sp³-hybridized carbons (Fsp3) is 0.211. The van der Waals surface area contributed by atoms with Gasteiger partial charge in [0, 0.05) is 18.3 Å². The van der Waals surface area contributed by atoms with Gasteiger partial charge in [0.15, 0.2) is 11.7 Å². The molecule has 2 rings (SSSR count). The molecule has 0 aliphatic carbocycles. The Balaban J connectivity index is 1.84. The molecule has 0 bridgehead atoms. The zero-order valence-electron chi connectivity index (χ0n) is 14.9. The third-order valence-corrected chi connectivity index (χ3v) is 3.77. The molecule has 2 amide bonds. The van der Waals surface area contributed by atoms with Crippen LogP contribution in [-0.4, -0.2) is 23.5 Å². The third kappa shape index (κ3) is 6.18. The molecule has 0 heterocycles. The average molecular weight is 371 g/mol. The summed E-state index contributed by atoms with van der Waals surface area (Å²) in [4.78, 5) is 22.9. The van der Waals surface area contributed by atoms with Crippen molar-refractivity contribution in [2.75, 3.05) is 17.2 Å². The fourth-order valence-corrected chi connectivity index (χ4v) is 2.37. The molecule has 136 valence electrons. The smallest absolute Gasteiger partial charge is 0.262 e. The number of aryl methyl sites for hydroxylation is 2. The molecule has 0 aliphatic rings. The van der Waals surface area contributed by atoms with Crippen molar-refractivity contribution in [1.82, 2.24) is 5.32 Å². The van der Waals surface area contributed by atoms with Crippen molar-refractivity contribution in [3.8, 4) is 5.75 Å². The van der Waals surface area contributed by atoms with Gasteiger partial charge >= 0.3 is 0 Å². The monoisotopic (exact) mass is 371 g/mol. The number of carbonyl (C=O) groups excluding carboxylic acids is 2. The van der Waals surface area contributed by atoms with Crippen LogP contribution in [0.3, 0.4) is 0 Å². The van der Waals surface area contributed by atoms with E-state index in [1.165, 1.54) is 12.5 Å². The average Bonchev–Trinajstić information content (AvgIpc) is 2.57. The van der Waals surface area contributed by atoms with Crippen LogP contribution in [0.1, 0.15) is 18.1 Å². The summed E-state index contributed by atoms with van der Waals surface area (Å²) in [6.07, 6.45) is 0. The largest absolute Gasteiger partial charge is 0.484 e. The van der Waals surface area contributed by atoms with Crippen molar-refractivity contribution in [2.24, 2.45) is 0 Å². The Labute approximate surface area is 157 Å². The summed E-state index contributed by atoms with van der Waals surface area (Å²) < 4.78 is 5.51. The summed E-state index contributed by atoms with van der Waals surface area (Å²) in [5.41, 5.74) is 3.62. The maximum Gasteiger partial charge on any atom is 0.262 e. The Hall–Kier alpha value is -2.93. The molecule has 2 aromatic rings. The van der Waals surface area contributed by atoms with E-state index in [1.807, 2.05) is 32.0 Å². The maximum absolute atomic E-state index is 12.0. The van der Waals surface area contributed by atoms with Crippen LogP contribution >= 0.6 is 12.2 Å². The second kappa shape index (κ2) is 8.96. The number of thiocarbonyl (C=S) groups is 1. The van der Waals surface area contributed by atoms with Gasteiger partial charge in [-0.2, -0.15) is 0 Å². The molecule has 0 unspecified atom stereocenters. The second-order valence-electron chi connectivity index (χ2n) is 5.80.